The highest BCUT2D eigenvalue weighted by Crippen LogP contribution is 2.27. The average molecular weight is 419 g/mol. The number of benzene rings is 3. The van der Waals surface area contributed by atoms with E-state index in [2.05, 4.69) is 0 Å². The summed E-state index contributed by atoms with van der Waals surface area (Å²) >= 11 is 0. The lowest BCUT2D eigenvalue weighted by Gasteiger charge is -2.24. The molecule has 0 atom stereocenters. The fourth-order valence-electron chi connectivity index (χ4n) is 3.45. The molecule has 0 radical (unpaired) electrons. The molecule has 4 rings (SSSR count). The summed E-state index contributed by atoms with van der Waals surface area (Å²) in [5.74, 6) is 1.24. The monoisotopic (exact) mass is 419 g/mol. The first kappa shape index (κ1) is 21.1. The van der Waals surface area contributed by atoms with Gasteiger partial charge in [-0.3, -0.25) is 4.79 Å². The van der Waals surface area contributed by atoms with E-state index in [4.69, 9.17) is 14.9 Å². The van der Waals surface area contributed by atoms with E-state index in [-0.39, 0.29) is 18.6 Å². The van der Waals surface area contributed by atoms with Crippen molar-refractivity contribution in [2.24, 2.45) is 5.73 Å². The van der Waals surface area contributed by atoms with Crippen LogP contribution in [0.2, 0.25) is 0 Å². The Labute approximate surface area is 179 Å². The summed E-state index contributed by atoms with van der Waals surface area (Å²) in [5.41, 5.74) is 7.76. The molecule has 0 saturated heterocycles. The molecule has 0 saturated carbocycles. The third-order valence-electron chi connectivity index (χ3n) is 5.50. The molecule has 6 nitrogen and oxygen atoms in total. The van der Waals surface area contributed by atoms with Gasteiger partial charge in [-0.1, -0.05) is 23.8 Å². The van der Waals surface area contributed by atoms with Crippen LogP contribution in [0.4, 0.5) is 0 Å². The molecule has 160 valence electrons. The zero-order valence-corrected chi connectivity index (χ0v) is 17.3. The Morgan fingerprint density at radius 3 is 2.19 bits per heavy atom. The molecule has 0 aliphatic carbocycles. The van der Waals surface area contributed by atoms with Crippen molar-refractivity contribution < 1.29 is 19.4 Å². The van der Waals surface area contributed by atoms with Gasteiger partial charge in [0.15, 0.2) is 0 Å². The van der Waals surface area contributed by atoms with Gasteiger partial charge in [0.1, 0.15) is 22.7 Å². The molecular weight excluding hydrogens is 394 g/mol. The van der Waals surface area contributed by atoms with Gasteiger partial charge in [-0.05, 0) is 67.8 Å². The van der Waals surface area contributed by atoms with E-state index in [0.717, 1.165) is 11.1 Å². The highest BCUT2D eigenvalue weighted by Gasteiger charge is 2.22. The first-order valence-corrected chi connectivity index (χ1v) is 10.2. The van der Waals surface area contributed by atoms with Crippen LogP contribution in [0, 0.1) is 6.92 Å². The van der Waals surface area contributed by atoms with Crippen LogP contribution < -0.4 is 15.9 Å². The molecule has 0 unspecified atom stereocenters. The van der Waals surface area contributed by atoms with Crippen LogP contribution in [0.3, 0.4) is 0 Å². The lowest BCUT2D eigenvalue weighted by Crippen LogP contribution is -2.47. The van der Waals surface area contributed by atoms with Crippen LogP contribution in [-0.4, -0.2) is 29.0 Å². The van der Waals surface area contributed by atoms with Crippen molar-refractivity contribution in [1.29, 1.82) is 0 Å². The van der Waals surface area contributed by atoms with E-state index in [1.807, 2.05) is 37.3 Å². The Balaban J connectivity index is 1.68. The number of aliphatic hydroxyl groups is 2. The number of hydrogen-bond donors (Lipinski definition) is 3. The molecule has 0 bridgehead atoms. The van der Waals surface area contributed by atoms with E-state index in [1.54, 1.807) is 30.3 Å². The van der Waals surface area contributed by atoms with E-state index in [1.165, 1.54) is 0 Å². The second kappa shape index (κ2) is 8.51. The van der Waals surface area contributed by atoms with E-state index in [0.29, 0.717) is 46.3 Å². The average Bonchev–Trinajstić information content (AvgIpc) is 2.80. The van der Waals surface area contributed by atoms with E-state index >= 15 is 0 Å². The van der Waals surface area contributed by atoms with Gasteiger partial charge in [0, 0.05) is 0 Å². The second-order valence-electron chi connectivity index (χ2n) is 8.01. The number of ether oxygens (including phenoxy) is 1. The van der Waals surface area contributed by atoms with Gasteiger partial charge in [-0.15, -0.1) is 0 Å². The largest absolute Gasteiger partial charge is 0.457 e. The summed E-state index contributed by atoms with van der Waals surface area (Å²) in [6.45, 7) is 1.38. The quantitative estimate of drug-likeness (QED) is 0.395. The fourth-order valence-corrected chi connectivity index (χ4v) is 3.45. The molecule has 0 aliphatic rings. The van der Waals surface area contributed by atoms with Gasteiger partial charge in [0.05, 0.1) is 29.5 Å². The number of fused-ring (bicyclic) bond motifs is 2. The third-order valence-corrected chi connectivity index (χ3v) is 5.50. The van der Waals surface area contributed by atoms with Crippen molar-refractivity contribution in [3.63, 3.8) is 0 Å². The standard InChI is InChI=1S/C25H25NO5/c1-16-2-5-18(6-3-16)30-19-7-9-23-21(13-19)24(29)20-12-17(4-8-22(20)31-23)10-11-25(26,14-27)15-28/h2-9,12-13,27-28H,10-11,14-15,26H2,1H3. The molecule has 4 N–H and O–H groups in total. The van der Waals surface area contributed by atoms with Gasteiger partial charge in [0.25, 0.3) is 0 Å². The minimum atomic E-state index is -1.05. The molecule has 0 aliphatic heterocycles. The van der Waals surface area contributed by atoms with Crippen LogP contribution in [0.25, 0.3) is 21.9 Å². The molecule has 0 fully saturated rings. The smallest absolute Gasteiger partial charge is 0.200 e. The van der Waals surface area contributed by atoms with Gasteiger partial charge in [0.2, 0.25) is 5.43 Å². The number of hydrogen-bond acceptors (Lipinski definition) is 6. The number of aliphatic hydroxyl groups excluding tert-OH is 2. The molecule has 0 amide bonds. The lowest BCUT2D eigenvalue weighted by atomic mass is 9.93. The van der Waals surface area contributed by atoms with Gasteiger partial charge in [-0.2, -0.15) is 0 Å². The fraction of sp³-hybridized carbons (Fsp3) is 0.240. The van der Waals surface area contributed by atoms with E-state index < -0.39 is 5.54 Å². The van der Waals surface area contributed by atoms with Crippen molar-refractivity contribution in [3.05, 3.63) is 82.0 Å². The van der Waals surface area contributed by atoms with Crippen LogP contribution in [0.1, 0.15) is 17.5 Å². The van der Waals surface area contributed by atoms with Crippen LogP contribution >= 0.6 is 0 Å². The summed E-state index contributed by atoms with van der Waals surface area (Å²) in [7, 11) is 0. The predicted molar refractivity (Wildman–Crippen MR) is 121 cm³/mol. The summed E-state index contributed by atoms with van der Waals surface area (Å²) in [6, 6.07) is 18.3. The number of rotatable bonds is 7. The third kappa shape index (κ3) is 4.46. The Hall–Kier alpha value is -3.19. The number of nitrogens with two attached hydrogens (primary N) is 1. The Morgan fingerprint density at radius 1 is 0.903 bits per heavy atom. The maximum atomic E-state index is 13.2. The molecule has 1 aromatic heterocycles. The molecule has 4 aromatic rings. The lowest BCUT2D eigenvalue weighted by molar-refractivity contribution is 0.115. The van der Waals surface area contributed by atoms with Crippen molar-refractivity contribution >= 4 is 21.9 Å². The molecule has 1 heterocycles. The summed E-state index contributed by atoms with van der Waals surface area (Å²) in [4.78, 5) is 13.2. The van der Waals surface area contributed by atoms with Gasteiger partial charge in [-0.25, -0.2) is 0 Å². The first-order chi connectivity index (χ1) is 14.9. The zero-order valence-electron chi connectivity index (χ0n) is 17.3. The van der Waals surface area contributed by atoms with Crippen molar-refractivity contribution in [3.8, 4) is 11.5 Å². The van der Waals surface area contributed by atoms with Crippen molar-refractivity contribution in [1.82, 2.24) is 0 Å². The predicted octanol–water partition coefficient (Wildman–Crippen LogP) is 3.66. The Bertz CT molecular complexity index is 1270. The SMILES string of the molecule is Cc1ccc(Oc2ccc3oc4ccc(CCC(N)(CO)CO)cc4c(=O)c3c2)cc1. The molecular formula is C25H25NO5. The minimum Gasteiger partial charge on any atom is -0.457 e. The van der Waals surface area contributed by atoms with Crippen LogP contribution in [-0.2, 0) is 6.42 Å². The Morgan fingerprint density at radius 2 is 1.52 bits per heavy atom. The molecule has 3 aromatic carbocycles. The minimum absolute atomic E-state index is 0.143. The highest BCUT2D eigenvalue weighted by atomic mass is 16.5. The summed E-state index contributed by atoms with van der Waals surface area (Å²) in [5, 5.41) is 19.7. The van der Waals surface area contributed by atoms with Crippen molar-refractivity contribution in [2.75, 3.05) is 13.2 Å². The highest BCUT2D eigenvalue weighted by molar-refractivity contribution is 5.90. The molecule has 0 spiro atoms. The molecule has 31 heavy (non-hydrogen) atoms. The van der Waals surface area contributed by atoms with Gasteiger partial charge >= 0.3 is 0 Å². The maximum absolute atomic E-state index is 13.2. The first-order valence-electron chi connectivity index (χ1n) is 10.2. The van der Waals surface area contributed by atoms with E-state index in [9.17, 15) is 15.0 Å². The topological polar surface area (TPSA) is 106 Å². The zero-order chi connectivity index (χ0) is 22.0. The normalized spacial score (nSPS) is 11.9. The Kier molecular flexibility index (Phi) is 5.78. The van der Waals surface area contributed by atoms with Gasteiger partial charge < -0.3 is 25.1 Å². The van der Waals surface area contributed by atoms with Crippen LogP contribution in [0.15, 0.2) is 69.9 Å². The second-order valence-corrected chi connectivity index (χ2v) is 8.01. The summed E-state index contributed by atoms with van der Waals surface area (Å²) in [6.07, 6.45) is 0.903. The maximum Gasteiger partial charge on any atom is 0.200 e. The molecule has 6 heteroatoms. The number of aryl methyl sites for hydroxylation is 2. The van der Waals surface area contributed by atoms with Crippen molar-refractivity contribution in [2.45, 2.75) is 25.3 Å². The van der Waals surface area contributed by atoms with Crippen LogP contribution in [0.5, 0.6) is 11.5 Å². The summed E-state index contributed by atoms with van der Waals surface area (Å²) < 4.78 is 11.8.